The molecule has 1 aliphatic rings. The van der Waals surface area contributed by atoms with Crippen LogP contribution in [0.5, 0.6) is 0 Å². The summed E-state index contributed by atoms with van der Waals surface area (Å²) >= 11 is 0. The van der Waals surface area contributed by atoms with Gasteiger partial charge in [-0.25, -0.2) is 4.39 Å². The molecule has 0 aliphatic carbocycles. The molecule has 0 fully saturated rings. The lowest BCUT2D eigenvalue weighted by Gasteiger charge is -2.28. The van der Waals surface area contributed by atoms with Gasteiger partial charge in [0.2, 0.25) is 0 Å². The van der Waals surface area contributed by atoms with Crippen LogP contribution in [0.15, 0.2) is 89.3 Å². The van der Waals surface area contributed by atoms with Gasteiger partial charge in [0, 0.05) is 64.5 Å². The van der Waals surface area contributed by atoms with Gasteiger partial charge in [0.15, 0.2) is 0 Å². The number of nitrogens with zero attached hydrogens (tertiary/aromatic N) is 4. The topological polar surface area (TPSA) is 59.3 Å². The van der Waals surface area contributed by atoms with Gasteiger partial charge in [0.25, 0.3) is 0 Å². The molecule has 6 nitrogen and oxygen atoms in total. The van der Waals surface area contributed by atoms with E-state index in [1.54, 1.807) is 59.0 Å². The van der Waals surface area contributed by atoms with E-state index in [2.05, 4.69) is 83.9 Å². The molecule has 0 amide bonds. The third-order valence-electron chi connectivity index (χ3n) is 5.05. The predicted octanol–water partition coefficient (Wildman–Crippen LogP) is 8.07. The zero-order chi connectivity index (χ0) is 32.2. The number of pyridine rings is 1. The first kappa shape index (κ1) is 40.1. The van der Waals surface area contributed by atoms with Gasteiger partial charge in [-0.05, 0) is 64.3 Å². The summed E-state index contributed by atoms with van der Waals surface area (Å²) < 4.78 is 23.7. The molecule has 1 aromatic heterocycles. The lowest BCUT2D eigenvalue weighted by atomic mass is 10.1. The van der Waals surface area contributed by atoms with E-state index in [0.717, 1.165) is 17.6 Å². The molecule has 2 rings (SSSR count). The molecular formula is C35H51FN4O2. The van der Waals surface area contributed by atoms with Crippen molar-refractivity contribution in [2.24, 2.45) is 9.98 Å². The first-order valence-corrected chi connectivity index (χ1v) is 13.9. The molecule has 42 heavy (non-hydrogen) atoms. The molecule has 230 valence electrons. The Kier molecular flexibility index (Phi) is 25.9. The first-order valence-electron chi connectivity index (χ1n) is 13.9. The van der Waals surface area contributed by atoms with E-state index in [9.17, 15) is 4.39 Å². The fourth-order valence-corrected chi connectivity index (χ4v) is 3.29. The van der Waals surface area contributed by atoms with Crippen LogP contribution in [-0.4, -0.2) is 64.4 Å². The van der Waals surface area contributed by atoms with Gasteiger partial charge in [-0.2, -0.15) is 0 Å². The third-order valence-corrected chi connectivity index (χ3v) is 5.05. The molecule has 0 N–H and O–H groups in total. The van der Waals surface area contributed by atoms with Gasteiger partial charge in [-0.3, -0.25) is 15.0 Å². The molecule has 1 aromatic rings. The quantitative estimate of drug-likeness (QED) is 0.0782. The molecule has 1 atom stereocenters. The van der Waals surface area contributed by atoms with E-state index < -0.39 is 0 Å². The second-order valence-electron chi connectivity index (χ2n) is 9.21. The van der Waals surface area contributed by atoms with Crippen molar-refractivity contribution in [2.75, 3.05) is 45.9 Å². The highest BCUT2D eigenvalue weighted by molar-refractivity contribution is 5.81. The molecule has 1 aliphatic heterocycles. The second kappa shape index (κ2) is 27.2. The van der Waals surface area contributed by atoms with Gasteiger partial charge < -0.3 is 14.4 Å². The van der Waals surface area contributed by atoms with Crippen LogP contribution in [0, 0.1) is 18.2 Å². The van der Waals surface area contributed by atoms with Crippen molar-refractivity contribution in [3.8, 4) is 12.3 Å². The van der Waals surface area contributed by atoms with Crippen LogP contribution in [0.3, 0.4) is 0 Å². The number of aliphatic imine (C=N–C) groups is 2. The minimum atomic E-state index is -0.390. The highest BCUT2D eigenvalue weighted by Gasteiger charge is 2.17. The van der Waals surface area contributed by atoms with Crippen molar-refractivity contribution in [3.05, 3.63) is 90.8 Å². The SMILES string of the molecule is C#CC.C=C/C(=C\C=C\OCC=NC)c1ncc(F)cc1N1CCC(C)N=C/C=C\C(=C)C1.CCC=C(C)C.COC. The summed E-state index contributed by atoms with van der Waals surface area (Å²) in [5.41, 5.74) is 4.42. The van der Waals surface area contributed by atoms with Crippen LogP contribution >= 0.6 is 0 Å². The van der Waals surface area contributed by atoms with Crippen molar-refractivity contribution in [1.29, 1.82) is 0 Å². The number of methoxy groups -OCH3 is 1. The maximum absolute atomic E-state index is 14.2. The molecule has 0 bridgehead atoms. The van der Waals surface area contributed by atoms with Crippen LogP contribution < -0.4 is 4.90 Å². The number of terminal acetylenes is 1. The standard InChI is InChI=1S/C24H29FN4O.C6H12.C3H4.C2H6O/c1-5-21(9-7-14-30-15-12-26-4)24-23(16-22(25)17-28-24)29-13-10-20(3)27-11-6-8-19(2)18-29;1-4-5-6(2)3;2*1-3-2/h5-9,11-12,14,16-17,20H,1-2,10,13,15,18H2,3-4H3;5H,4H2,1-3H3;1H,2H3;1-2H3/b8-6-,14-7+,21-9+,26-12?,27-11?;;;. The molecule has 1 unspecified atom stereocenters. The average Bonchev–Trinajstić information content (AvgIpc) is 2.94. The monoisotopic (exact) mass is 578 g/mol. The number of halogens is 1. The van der Waals surface area contributed by atoms with Crippen molar-refractivity contribution in [1.82, 2.24) is 4.98 Å². The van der Waals surface area contributed by atoms with Crippen LogP contribution in [0.2, 0.25) is 0 Å². The Morgan fingerprint density at radius 1 is 1.33 bits per heavy atom. The number of aromatic nitrogens is 1. The van der Waals surface area contributed by atoms with Gasteiger partial charge in [0.1, 0.15) is 12.4 Å². The molecule has 0 saturated carbocycles. The summed E-state index contributed by atoms with van der Waals surface area (Å²) in [4.78, 5) is 14.8. The lowest BCUT2D eigenvalue weighted by molar-refractivity contribution is 0.277. The maximum Gasteiger partial charge on any atom is 0.143 e. The Balaban J connectivity index is 0. The number of hydrogen-bond acceptors (Lipinski definition) is 6. The van der Waals surface area contributed by atoms with Crippen LogP contribution in [-0.2, 0) is 9.47 Å². The van der Waals surface area contributed by atoms with Crippen molar-refractivity contribution >= 4 is 23.7 Å². The third kappa shape index (κ3) is 20.8. The van der Waals surface area contributed by atoms with Gasteiger partial charge >= 0.3 is 0 Å². The Labute approximate surface area is 254 Å². The van der Waals surface area contributed by atoms with E-state index in [1.165, 1.54) is 24.3 Å². The second-order valence-corrected chi connectivity index (χ2v) is 9.21. The molecule has 0 saturated heterocycles. The first-order chi connectivity index (χ1) is 20.1. The van der Waals surface area contributed by atoms with Crippen molar-refractivity contribution < 1.29 is 13.9 Å². The zero-order valence-electron chi connectivity index (χ0n) is 26.9. The van der Waals surface area contributed by atoms with E-state index in [0.29, 0.717) is 31.1 Å². The van der Waals surface area contributed by atoms with E-state index in [4.69, 9.17) is 4.74 Å². The molecule has 0 spiro atoms. The largest absolute Gasteiger partial charge is 0.496 e. The number of anilines is 1. The zero-order valence-corrected chi connectivity index (χ0v) is 26.9. The highest BCUT2D eigenvalue weighted by atomic mass is 19.1. The predicted molar refractivity (Wildman–Crippen MR) is 182 cm³/mol. The number of hydrogen-bond donors (Lipinski definition) is 0. The summed E-state index contributed by atoms with van der Waals surface area (Å²) in [7, 11) is 4.94. The van der Waals surface area contributed by atoms with Gasteiger partial charge in [-0.15, -0.1) is 12.3 Å². The fourth-order valence-electron chi connectivity index (χ4n) is 3.29. The van der Waals surface area contributed by atoms with E-state index in [-0.39, 0.29) is 11.9 Å². The Bertz CT molecular complexity index is 1120. The van der Waals surface area contributed by atoms with Crippen LogP contribution in [0.4, 0.5) is 10.1 Å². The number of rotatable bonds is 8. The van der Waals surface area contributed by atoms with Gasteiger partial charge in [0.05, 0.1) is 23.8 Å². The van der Waals surface area contributed by atoms with Crippen LogP contribution in [0.25, 0.3) is 5.57 Å². The van der Waals surface area contributed by atoms with E-state index in [1.807, 2.05) is 18.2 Å². The Morgan fingerprint density at radius 2 is 2.00 bits per heavy atom. The Morgan fingerprint density at radius 3 is 2.55 bits per heavy atom. The van der Waals surface area contributed by atoms with Crippen LogP contribution in [0.1, 0.15) is 53.2 Å². The van der Waals surface area contributed by atoms with Gasteiger partial charge in [-0.1, -0.05) is 43.9 Å². The minimum Gasteiger partial charge on any atom is -0.496 e. The summed E-state index contributed by atoms with van der Waals surface area (Å²) in [5.74, 6) is 1.86. The van der Waals surface area contributed by atoms with E-state index >= 15 is 0 Å². The summed E-state index contributed by atoms with van der Waals surface area (Å²) in [6, 6.07) is 1.67. The minimum absolute atomic E-state index is 0.162. The summed E-state index contributed by atoms with van der Waals surface area (Å²) in [6.45, 7) is 19.8. The highest BCUT2D eigenvalue weighted by Crippen LogP contribution is 2.28. The van der Waals surface area contributed by atoms with Crippen molar-refractivity contribution in [2.45, 2.75) is 53.5 Å². The molecule has 7 heteroatoms. The van der Waals surface area contributed by atoms with Crippen molar-refractivity contribution in [3.63, 3.8) is 0 Å². The molecule has 0 radical (unpaired) electrons. The Hall–Kier alpha value is -4.02. The number of allylic oxidation sites excluding steroid dienone is 7. The molecule has 2 heterocycles. The normalized spacial score (nSPS) is 15.6. The number of ether oxygens (including phenoxy) is 2. The fraction of sp³-hybridized carbons (Fsp3) is 0.400. The molecular weight excluding hydrogens is 527 g/mol. The summed E-state index contributed by atoms with van der Waals surface area (Å²) in [6.07, 6.45) is 24.2. The average molecular weight is 579 g/mol. The maximum atomic E-state index is 14.2. The smallest absolute Gasteiger partial charge is 0.143 e. The lowest BCUT2D eigenvalue weighted by Crippen LogP contribution is -2.29. The summed E-state index contributed by atoms with van der Waals surface area (Å²) in [5, 5.41) is 0. The molecule has 0 aromatic carbocycles.